The predicted octanol–water partition coefficient (Wildman–Crippen LogP) is 3.45. The zero-order valence-corrected chi connectivity index (χ0v) is 12.3. The maximum atomic E-state index is 9.23. The summed E-state index contributed by atoms with van der Waals surface area (Å²) in [5.74, 6) is 0. The summed E-state index contributed by atoms with van der Waals surface area (Å²) in [6.07, 6.45) is 2.48. The standard InChI is InChI=1S/C18H18N2O/c1-12-6-7-16(19-11-12)17-10-13(2)15-5-3-4-14(8-9-21)18(15)20-17/h3-7,10-11,21H,8-9H2,1-2H3. The second-order valence-corrected chi connectivity index (χ2v) is 5.33. The minimum atomic E-state index is 0.132. The molecule has 0 spiro atoms. The fourth-order valence-corrected chi connectivity index (χ4v) is 2.55. The van der Waals surface area contributed by atoms with Crippen molar-refractivity contribution in [3.05, 3.63) is 59.3 Å². The summed E-state index contributed by atoms with van der Waals surface area (Å²) in [7, 11) is 0. The smallest absolute Gasteiger partial charge is 0.0896 e. The van der Waals surface area contributed by atoms with E-state index in [1.165, 1.54) is 5.56 Å². The van der Waals surface area contributed by atoms with Crippen molar-refractivity contribution < 1.29 is 5.11 Å². The first-order valence-electron chi connectivity index (χ1n) is 7.12. The average molecular weight is 278 g/mol. The minimum absolute atomic E-state index is 0.132. The first-order chi connectivity index (χ1) is 10.2. The van der Waals surface area contributed by atoms with E-state index in [2.05, 4.69) is 24.0 Å². The number of nitrogens with zero attached hydrogens (tertiary/aromatic N) is 2. The topological polar surface area (TPSA) is 46.0 Å². The maximum absolute atomic E-state index is 9.23. The molecule has 3 heteroatoms. The zero-order chi connectivity index (χ0) is 14.8. The normalized spacial score (nSPS) is 11.0. The van der Waals surface area contributed by atoms with Gasteiger partial charge >= 0.3 is 0 Å². The Labute approximate surface area is 124 Å². The molecule has 106 valence electrons. The van der Waals surface area contributed by atoms with Crippen LogP contribution in [-0.2, 0) is 6.42 Å². The van der Waals surface area contributed by atoms with Crippen molar-refractivity contribution in [3.63, 3.8) is 0 Å². The first-order valence-corrected chi connectivity index (χ1v) is 7.12. The van der Waals surface area contributed by atoms with Crippen molar-refractivity contribution in [2.45, 2.75) is 20.3 Å². The molecule has 0 aliphatic carbocycles. The van der Waals surface area contributed by atoms with Crippen molar-refractivity contribution in [2.24, 2.45) is 0 Å². The van der Waals surface area contributed by atoms with Gasteiger partial charge in [-0.25, -0.2) is 4.98 Å². The largest absolute Gasteiger partial charge is 0.396 e. The monoisotopic (exact) mass is 278 g/mol. The summed E-state index contributed by atoms with van der Waals surface area (Å²) in [6.45, 7) is 4.24. The molecule has 3 rings (SSSR count). The Morgan fingerprint density at radius 1 is 1.05 bits per heavy atom. The van der Waals surface area contributed by atoms with E-state index in [4.69, 9.17) is 4.98 Å². The molecule has 0 aliphatic heterocycles. The Morgan fingerprint density at radius 2 is 1.90 bits per heavy atom. The molecule has 0 unspecified atom stereocenters. The first kappa shape index (κ1) is 13.7. The number of hydrogen-bond acceptors (Lipinski definition) is 3. The van der Waals surface area contributed by atoms with Crippen LogP contribution in [0.25, 0.3) is 22.3 Å². The number of fused-ring (bicyclic) bond motifs is 1. The summed E-state index contributed by atoms with van der Waals surface area (Å²) in [4.78, 5) is 9.24. The van der Waals surface area contributed by atoms with Crippen LogP contribution >= 0.6 is 0 Å². The van der Waals surface area contributed by atoms with Crippen LogP contribution < -0.4 is 0 Å². The lowest BCUT2D eigenvalue weighted by molar-refractivity contribution is 0.300. The molecule has 0 aliphatic rings. The summed E-state index contributed by atoms with van der Waals surface area (Å²) < 4.78 is 0. The minimum Gasteiger partial charge on any atom is -0.396 e. The lowest BCUT2D eigenvalue weighted by Crippen LogP contribution is -1.97. The highest BCUT2D eigenvalue weighted by molar-refractivity contribution is 5.87. The van der Waals surface area contributed by atoms with E-state index in [0.29, 0.717) is 6.42 Å². The van der Waals surface area contributed by atoms with Crippen LogP contribution in [0.15, 0.2) is 42.6 Å². The highest BCUT2D eigenvalue weighted by atomic mass is 16.2. The van der Waals surface area contributed by atoms with Crippen LogP contribution in [0.4, 0.5) is 0 Å². The Kier molecular flexibility index (Phi) is 3.67. The van der Waals surface area contributed by atoms with Crippen LogP contribution in [0.2, 0.25) is 0 Å². The number of aromatic nitrogens is 2. The number of para-hydroxylation sites is 1. The quantitative estimate of drug-likeness (QED) is 0.798. The second kappa shape index (κ2) is 5.62. The summed E-state index contributed by atoms with van der Waals surface area (Å²) >= 11 is 0. The van der Waals surface area contributed by atoms with Crippen LogP contribution in [-0.4, -0.2) is 21.7 Å². The Morgan fingerprint density at radius 3 is 2.62 bits per heavy atom. The fraction of sp³-hybridized carbons (Fsp3) is 0.222. The molecule has 21 heavy (non-hydrogen) atoms. The van der Waals surface area contributed by atoms with Crippen molar-refractivity contribution >= 4 is 10.9 Å². The van der Waals surface area contributed by atoms with Gasteiger partial charge in [-0.3, -0.25) is 4.98 Å². The van der Waals surface area contributed by atoms with Gasteiger partial charge in [0.1, 0.15) is 0 Å². The van der Waals surface area contributed by atoms with Crippen LogP contribution in [0.1, 0.15) is 16.7 Å². The highest BCUT2D eigenvalue weighted by Gasteiger charge is 2.09. The highest BCUT2D eigenvalue weighted by Crippen LogP contribution is 2.25. The van der Waals surface area contributed by atoms with Crippen molar-refractivity contribution in [1.82, 2.24) is 9.97 Å². The third-order valence-electron chi connectivity index (χ3n) is 3.68. The molecule has 0 fully saturated rings. The van der Waals surface area contributed by atoms with E-state index < -0.39 is 0 Å². The maximum Gasteiger partial charge on any atom is 0.0896 e. The molecule has 2 heterocycles. The number of hydrogen-bond donors (Lipinski definition) is 1. The molecule has 3 nitrogen and oxygen atoms in total. The van der Waals surface area contributed by atoms with Gasteiger partial charge in [-0.05, 0) is 49.1 Å². The van der Waals surface area contributed by atoms with Gasteiger partial charge in [-0.15, -0.1) is 0 Å². The lowest BCUT2D eigenvalue weighted by atomic mass is 10.0. The molecule has 0 amide bonds. The third-order valence-corrected chi connectivity index (χ3v) is 3.68. The van der Waals surface area contributed by atoms with Gasteiger partial charge < -0.3 is 5.11 Å². The van der Waals surface area contributed by atoms with E-state index in [0.717, 1.165) is 33.4 Å². The molecule has 0 radical (unpaired) electrons. The Balaban J connectivity index is 2.21. The number of aliphatic hydroxyl groups excluding tert-OH is 1. The second-order valence-electron chi connectivity index (χ2n) is 5.33. The Hall–Kier alpha value is -2.26. The Bertz CT molecular complexity index is 779. The molecule has 0 bridgehead atoms. The van der Waals surface area contributed by atoms with E-state index in [1.54, 1.807) is 0 Å². The molecule has 2 aromatic heterocycles. The van der Waals surface area contributed by atoms with Gasteiger partial charge in [0, 0.05) is 18.2 Å². The fourth-order valence-electron chi connectivity index (χ4n) is 2.55. The van der Waals surface area contributed by atoms with Gasteiger partial charge in [-0.2, -0.15) is 0 Å². The van der Waals surface area contributed by atoms with Crippen molar-refractivity contribution in [3.8, 4) is 11.4 Å². The number of aliphatic hydroxyl groups is 1. The molecule has 3 aromatic rings. The molecular formula is C18H18N2O. The van der Waals surface area contributed by atoms with Gasteiger partial charge in [-0.1, -0.05) is 24.3 Å². The SMILES string of the molecule is Cc1ccc(-c2cc(C)c3cccc(CCO)c3n2)nc1. The molecule has 1 N–H and O–H groups in total. The van der Waals surface area contributed by atoms with E-state index in [1.807, 2.05) is 37.4 Å². The van der Waals surface area contributed by atoms with Crippen LogP contribution in [0.3, 0.4) is 0 Å². The molecule has 0 saturated heterocycles. The van der Waals surface area contributed by atoms with E-state index >= 15 is 0 Å². The molecule has 0 atom stereocenters. The number of aryl methyl sites for hydroxylation is 2. The summed E-state index contributed by atoms with van der Waals surface area (Å²) in [6, 6.07) is 12.2. The van der Waals surface area contributed by atoms with Gasteiger partial charge in [0.2, 0.25) is 0 Å². The van der Waals surface area contributed by atoms with Crippen molar-refractivity contribution in [2.75, 3.05) is 6.61 Å². The van der Waals surface area contributed by atoms with Gasteiger partial charge in [0.05, 0.1) is 16.9 Å². The molecule has 1 aromatic carbocycles. The lowest BCUT2D eigenvalue weighted by Gasteiger charge is -2.10. The summed E-state index contributed by atoms with van der Waals surface area (Å²) in [5.41, 5.74) is 6.11. The summed E-state index contributed by atoms with van der Waals surface area (Å²) in [5, 5.41) is 10.4. The van der Waals surface area contributed by atoms with Crippen LogP contribution in [0, 0.1) is 13.8 Å². The average Bonchev–Trinajstić information content (AvgIpc) is 2.49. The third kappa shape index (κ3) is 2.65. The number of rotatable bonds is 3. The van der Waals surface area contributed by atoms with Gasteiger partial charge in [0.25, 0.3) is 0 Å². The van der Waals surface area contributed by atoms with Crippen molar-refractivity contribution in [1.29, 1.82) is 0 Å². The molecule has 0 saturated carbocycles. The number of benzene rings is 1. The van der Waals surface area contributed by atoms with Gasteiger partial charge in [0.15, 0.2) is 0 Å². The zero-order valence-electron chi connectivity index (χ0n) is 12.3. The van der Waals surface area contributed by atoms with E-state index in [-0.39, 0.29) is 6.61 Å². The number of pyridine rings is 2. The van der Waals surface area contributed by atoms with Crippen LogP contribution in [0.5, 0.6) is 0 Å². The molecular weight excluding hydrogens is 260 g/mol. The van der Waals surface area contributed by atoms with E-state index in [9.17, 15) is 5.11 Å². The predicted molar refractivity (Wildman–Crippen MR) is 85.2 cm³/mol.